The van der Waals surface area contributed by atoms with E-state index < -0.39 is 5.97 Å². The molecule has 0 fully saturated rings. The van der Waals surface area contributed by atoms with Crippen molar-refractivity contribution in [3.05, 3.63) is 54.1 Å². The Balaban J connectivity index is 2.30. The summed E-state index contributed by atoms with van der Waals surface area (Å²) in [5.74, 6) is -0.602. The molecule has 126 valence electrons. The molecule has 1 aliphatic rings. The van der Waals surface area contributed by atoms with Crippen LogP contribution in [0.2, 0.25) is 0 Å². The molecule has 0 unspecified atom stereocenters. The Morgan fingerprint density at radius 2 is 2.04 bits per heavy atom. The highest BCUT2D eigenvalue weighted by Gasteiger charge is 2.20. The van der Waals surface area contributed by atoms with Crippen LogP contribution in [0.1, 0.15) is 11.1 Å². The Kier molecular flexibility index (Phi) is 5.89. The summed E-state index contributed by atoms with van der Waals surface area (Å²) < 4.78 is 9.78. The van der Waals surface area contributed by atoms with Crippen LogP contribution < -0.4 is 0 Å². The van der Waals surface area contributed by atoms with Crippen molar-refractivity contribution < 1.29 is 19.1 Å². The maximum Gasteiger partial charge on any atom is 0.341 e. The molecule has 0 saturated heterocycles. The molecule has 1 aliphatic heterocycles. The third-order valence-electron chi connectivity index (χ3n) is 3.57. The molecule has 0 amide bonds. The molecule has 0 spiro atoms. The molecule has 6 nitrogen and oxygen atoms in total. The SMILES string of the molecule is COC=C(C(=O)OC)c1ccccc1CC(=O)C1=NC=CN(C)C1. The Morgan fingerprint density at radius 3 is 2.71 bits per heavy atom. The van der Waals surface area contributed by atoms with Gasteiger partial charge in [-0.15, -0.1) is 0 Å². The summed E-state index contributed by atoms with van der Waals surface area (Å²) in [6.45, 7) is 0.468. The van der Waals surface area contributed by atoms with Crippen molar-refractivity contribution in [1.82, 2.24) is 4.90 Å². The molecular formula is C18H20N2O4. The number of carbonyl (C=O) groups excluding carboxylic acids is 2. The van der Waals surface area contributed by atoms with Gasteiger partial charge < -0.3 is 14.4 Å². The van der Waals surface area contributed by atoms with Gasteiger partial charge in [-0.2, -0.15) is 0 Å². The van der Waals surface area contributed by atoms with Crippen LogP contribution in [0.15, 0.2) is 47.9 Å². The van der Waals surface area contributed by atoms with Gasteiger partial charge in [0.25, 0.3) is 0 Å². The van der Waals surface area contributed by atoms with Gasteiger partial charge in [0.05, 0.1) is 27.0 Å². The second-order valence-electron chi connectivity index (χ2n) is 5.30. The molecule has 1 aromatic carbocycles. The van der Waals surface area contributed by atoms with Crippen LogP contribution in [0.4, 0.5) is 0 Å². The fraction of sp³-hybridized carbons (Fsp3) is 0.278. The van der Waals surface area contributed by atoms with E-state index in [4.69, 9.17) is 9.47 Å². The predicted molar refractivity (Wildman–Crippen MR) is 91.4 cm³/mol. The van der Waals surface area contributed by atoms with Crippen molar-refractivity contribution in [3.63, 3.8) is 0 Å². The van der Waals surface area contributed by atoms with Gasteiger partial charge in [-0.1, -0.05) is 24.3 Å². The van der Waals surface area contributed by atoms with Crippen LogP contribution in [-0.4, -0.2) is 50.2 Å². The van der Waals surface area contributed by atoms with Crippen LogP contribution in [0.3, 0.4) is 0 Å². The monoisotopic (exact) mass is 328 g/mol. The molecular weight excluding hydrogens is 308 g/mol. The minimum Gasteiger partial charge on any atom is -0.503 e. The molecule has 6 heteroatoms. The normalized spacial score (nSPS) is 14.2. The maximum atomic E-state index is 12.5. The number of ketones is 1. The van der Waals surface area contributed by atoms with Gasteiger partial charge in [0.15, 0.2) is 5.78 Å². The standard InChI is InChI=1S/C18H20N2O4/c1-20-9-8-19-16(11-20)17(21)10-13-6-4-5-7-14(13)15(12-23-2)18(22)24-3/h4-9,12H,10-11H2,1-3H3. The number of carbonyl (C=O) groups is 2. The fourth-order valence-corrected chi connectivity index (χ4v) is 2.39. The first-order valence-electron chi connectivity index (χ1n) is 7.43. The van der Waals surface area contributed by atoms with Gasteiger partial charge in [-0.05, 0) is 11.1 Å². The number of Topliss-reactive ketones (excluding diaryl/α,β-unsaturated/α-hetero) is 1. The van der Waals surface area contributed by atoms with Crippen molar-refractivity contribution in [2.24, 2.45) is 4.99 Å². The van der Waals surface area contributed by atoms with E-state index in [1.807, 2.05) is 24.1 Å². The highest BCUT2D eigenvalue weighted by atomic mass is 16.5. The van der Waals surface area contributed by atoms with Crippen molar-refractivity contribution >= 4 is 23.0 Å². The number of hydrogen-bond acceptors (Lipinski definition) is 6. The van der Waals surface area contributed by atoms with Gasteiger partial charge in [0.1, 0.15) is 11.3 Å². The lowest BCUT2D eigenvalue weighted by atomic mass is 9.95. The first-order valence-corrected chi connectivity index (χ1v) is 7.43. The van der Waals surface area contributed by atoms with Crippen molar-refractivity contribution in [3.8, 4) is 0 Å². The number of methoxy groups -OCH3 is 2. The summed E-state index contributed by atoms with van der Waals surface area (Å²) in [7, 11) is 4.64. The first kappa shape index (κ1) is 17.5. The predicted octanol–water partition coefficient (Wildman–Crippen LogP) is 1.82. The highest BCUT2D eigenvalue weighted by Crippen LogP contribution is 2.22. The summed E-state index contributed by atoms with van der Waals surface area (Å²) >= 11 is 0. The van der Waals surface area contributed by atoms with E-state index >= 15 is 0 Å². The van der Waals surface area contributed by atoms with E-state index in [1.165, 1.54) is 20.5 Å². The fourth-order valence-electron chi connectivity index (χ4n) is 2.39. The number of benzene rings is 1. The lowest BCUT2D eigenvalue weighted by molar-refractivity contribution is -0.133. The van der Waals surface area contributed by atoms with E-state index in [0.29, 0.717) is 17.8 Å². The van der Waals surface area contributed by atoms with Crippen LogP contribution in [0.5, 0.6) is 0 Å². The van der Waals surface area contributed by atoms with Gasteiger partial charge in [-0.3, -0.25) is 9.79 Å². The number of rotatable bonds is 6. The van der Waals surface area contributed by atoms with Crippen LogP contribution in [0, 0.1) is 0 Å². The van der Waals surface area contributed by atoms with Crippen LogP contribution in [-0.2, 0) is 25.5 Å². The molecule has 0 aliphatic carbocycles. The van der Waals surface area contributed by atoms with E-state index in [0.717, 1.165) is 5.56 Å². The average molecular weight is 328 g/mol. The molecule has 1 heterocycles. The number of aliphatic imine (C=N–C) groups is 1. The summed E-state index contributed by atoms with van der Waals surface area (Å²) in [5, 5.41) is 0. The zero-order valence-electron chi connectivity index (χ0n) is 14.0. The summed E-state index contributed by atoms with van der Waals surface area (Å²) in [6, 6.07) is 7.19. The zero-order chi connectivity index (χ0) is 17.5. The number of esters is 1. The number of hydrogen-bond donors (Lipinski definition) is 0. The van der Waals surface area contributed by atoms with Crippen molar-refractivity contribution in [2.75, 3.05) is 27.8 Å². The lowest BCUT2D eigenvalue weighted by Crippen LogP contribution is -2.30. The Morgan fingerprint density at radius 1 is 1.29 bits per heavy atom. The van der Waals surface area contributed by atoms with Crippen LogP contribution in [0.25, 0.3) is 5.57 Å². The Hall–Kier alpha value is -2.89. The third kappa shape index (κ3) is 4.10. The third-order valence-corrected chi connectivity index (χ3v) is 3.57. The minimum atomic E-state index is -0.519. The summed E-state index contributed by atoms with van der Waals surface area (Å²) in [6.07, 6.45) is 4.88. The molecule has 2 rings (SSSR count). The average Bonchev–Trinajstić information content (AvgIpc) is 2.59. The van der Waals surface area contributed by atoms with E-state index in [9.17, 15) is 9.59 Å². The second kappa shape index (κ2) is 8.10. The molecule has 0 bridgehead atoms. The number of ether oxygens (including phenoxy) is 2. The quantitative estimate of drug-likeness (QED) is 0.453. The van der Waals surface area contributed by atoms with E-state index in [2.05, 4.69) is 4.99 Å². The van der Waals surface area contributed by atoms with Gasteiger partial charge >= 0.3 is 5.97 Å². The van der Waals surface area contributed by atoms with Gasteiger partial charge in [-0.25, -0.2) is 4.79 Å². The maximum absolute atomic E-state index is 12.5. The van der Waals surface area contributed by atoms with Crippen molar-refractivity contribution in [1.29, 1.82) is 0 Å². The first-order chi connectivity index (χ1) is 11.6. The van der Waals surface area contributed by atoms with Crippen LogP contribution >= 0.6 is 0 Å². The van der Waals surface area contributed by atoms with Crippen molar-refractivity contribution in [2.45, 2.75) is 6.42 Å². The molecule has 0 aromatic heterocycles. The highest BCUT2D eigenvalue weighted by molar-refractivity contribution is 6.41. The van der Waals surface area contributed by atoms with Gasteiger partial charge in [0.2, 0.25) is 0 Å². The summed E-state index contributed by atoms with van der Waals surface area (Å²) in [4.78, 5) is 30.6. The van der Waals surface area contributed by atoms with E-state index in [-0.39, 0.29) is 17.8 Å². The largest absolute Gasteiger partial charge is 0.503 e. The smallest absolute Gasteiger partial charge is 0.341 e. The summed E-state index contributed by atoms with van der Waals surface area (Å²) in [5.41, 5.74) is 2.09. The van der Waals surface area contributed by atoms with E-state index in [1.54, 1.807) is 24.5 Å². The van der Waals surface area contributed by atoms with Gasteiger partial charge in [0, 0.05) is 25.9 Å². The molecule has 24 heavy (non-hydrogen) atoms. The Labute approximate surface area is 141 Å². The molecule has 0 N–H and O–H groups in total. The molecule has 0 radical (unpaired) electrons. The topological polar surface area (TPSA) is 68.2 Å². The second-order valence-corrected chi connectivity index (χ2v) is 5.30. The Bertz CT molecular complexity index is 719. The molecule has 0 saturated carbocycles. The zero-order valence-corrected chi connectivity index (χ0v) is 14.0. The lowest BCUT2D eigenvalue weighted by Gasteiger charge is -2.18. The molecule has 1 aromatic rings. The molecule has 0 atom stereocenters. The minimum absolute atomic E-state index is 0.0831. The number of nitrogens with zero attached hydrogens (tertiary/aromatic N) is 2.